The number of ether oxygens (including phenoxy) is 1. The normalized spacial score (nSPS) is 14.0. The number of carbonyl (C=O) groups is 1. The highest BCUT2D eigenvalue weighted by atomic mass is 79.9. The molecule has 148 valence electrons. The molecule has 0 bridgehead atoms. The average molecular weight is 448 g/mol. The van der Waals surface area contributed by atoms with Gasteiger partial charge in [-0.1, -0.05) is 34.1 Å². The van der Waals surface area contributed by atoms with Gasteiger partial charge in [0, 0.05) is 43.1 Å². The number of rotatable bonds is 7. The van der Waals surface area contributed by atoms with Gasteiger partial charge in [0.25, 0.3) is 5.69 Å². The van der Waals surface area contributed by atoms with Gasteiger partial charge >= 0.3 is 0 Å². The summed E-state index contributed by atoms with van der Waals surface area (Å²) in [6.07, 6.45) is 1.08. The lowest BCUT2D eigenvalue weighted by Gasteiger charge is -2.35. The van der Waals surface area contributed by atoms with Gasteiger partial charge in [-0.3, -0.25) is 14.9 Å². The van der Waals surface area contributed by atoms with E-state index in [1.54, 1.807) is 18.2 Å². The maximum absolute atomic E-state index is 12.4. The fourth-order valence-electron chi connectivity index (χ4n) is 3.21. The summed E-state index contributed by atoms with van der Waals surface area (Å²) in [6.45, 7) is 2.80. The molecule has 1 saturated heterocycles. The van der Waals surface area contributed by atoms with Crippen molar-refractivity contribution >= 4 is 33.2 Å². The second kappa shape index (κ2) is 9.54. The van der Waals surface area contributed by atoms with Crippen molar-refractivity contribution in [2.24, 2.45) is 0 Å². The summed E-state index contributed by atoms with van der Waals surface area (Å²) in [5.41, 5.74) is 0.717. The Morgan fingerprint density at radius 1 is 1.11 bits per heavy atom. The molecule has 2 aromatic carbocycles. The van der Waals surface area contributed by atoms with Crippen LogP contribution in [0.1, 0.15) is 12.8 Å². The summed E-state index contributed by atoms with van der Waals surface area (Å²) in [7, 11) is 0. The summed E-state index contributed by atoms with van der Waals surface area (Å²) >= 11 is 3.40. The minimum Gasteiger partial charge on any atom is -0.494 e. The molecule has 1 heterocycles. The Morgan fingerprint density at radius 2 is 1.86 bits per heavy atom. The standard InChI is InChI=1S/C20H22BrN3O4/c21-16-5-3-6-17(15-16)28-14-4-9-20(25)23-12-10-22(11-13-23)18-7-1-2-8-19(18)24(26)27/h1-3,5-8,15H,4,9-14H2. The summed E-state index contributed by atoms with van der Waals surface area (Å²) in [5, 5.41) is 11.2. The number of carbonyl (C=O) groups excluding carboxylic acids is 1. The molecule has 0 aromatic heterocycles. The summed E-state index contributed by atoms with van der Waals surface area (Å²) in [5.74, 6) is 0.875. The van der Waals surface area contributed by atoms with E-state index in [-0.39, 0.29) is 16.5 Å². The lowest BCUT2D eigenvalue weighted by molar-refractivity contribution is -0.384. The molecule has 0 N–H and O–H groups in total. The number of nitro benzene ring substituents is 1. The molecule has 0 unspecified atom stereocenters. The first-order valence-corrected chi connectivity index (χ1v) is 9.98. The van der Waals surface area contributed by atoms with Crippen LogP contribution >= 0.6 is 15.9 Å². The number of benzene rings is 2. The first-order valence-electron chi connectivity index (χ1n) is 9.19. The van der Waals surface area contributed by atoms with Crippen molar-refractivity contribution < 1.29 is 14.5 Å². The third-order valence-corrected chi connectivity index (χ3v) is 5.14. The Morgan fingerprint density at radius 3 is 2.57 bits per heavy atom. The van der Waals surface area contributed by atoms with Gasteiger partial charge in [-0.05, 0) is 30.7 Å². The van der Waals surface area contributed by atoms with E-state index in [1.165, 1.54) is 6.07 Å². The van der Waals surface area contributed by atoms with Crippen molar-refractivity contribution in [1.29, 1.82) is 0 Å². The Kier molecular flexibility index (Phi) is 6.86. The maximum Gasteiger partial charge on any atom is 0.292 e. The molecule has 1 fully saturated rings. The number of para-hydroxylation sites is 2. The van der Waals surface area contributed by atoms with Crippen LogP contribution in [0.3, 0.4) is 0 Å². The van der Waals surface area contributed by atoms with Crippen molar-refractivity contribution in [3.05, 3.63) is 63.1 Å². The number of hydrogen-bond acceptors (Lipinski definition) is 5. The van der Waals surface area contributed by atoms with Crippen molar-refractivity contribution in [3.8, 4) is 5.75 Å². The minimum atomic E-state index is -0.363. The van der Waals surface area contributed by atoms with Gasteiger partial charge in [-0.2, -0.15) is 0 Å². The molecule has 0 spiro atoms. The predicted molar refractivity (Wildman–Crippen MR) is 111 cm³/mol. The van der Waals surface area contributed by atoms with Gasteiger partial charge in [0.2, 0.25) is 5.91 Å². The van der Waals surface area contributed by atoms with Gasteiger partial charge in [0.15, 0.2) is 0 Å². The van der Waals surface area contributed by atoms with E-state index in [4.69, 9.17) is 4.74 Å². The molecule has 0 atom stereocenters. The number of amides is 1. The van der Waals surface area contributed by atoms with E-state index in [2.05, 4.69) is 15.9 Å². The number of piperazine rings is 1. The third kappa shape index (κ3) is 5.22. The molecule has 0 aliphatic carbocycles. The van der Waals surface area contributed by atoms with Crippen LogP contribution in [0.15, 0.2) is 53.0 Å². The van der Waals surface area contributed by atoms with Crippen LogP contribution in [0, 0.1) is 10.1 Å². The molecule has 1 amide bonds. The molecular weight excluding hydrogens is 426 g/mol. The number of nitro groups is 1. The second-order valence-corrected chi connectivity index (χ2v) is 7.44. The van der Waals surface area contributed by atoms with E-state index in [0.717, 1.165) is 10.2 Å². The molecule has 0 saturated carbocycles. The average Bonchev–Trinajstić information content (AvgIpc) is 2.71. The lowest BCUT2D eigenvalue weighted by Crippen LogP contribution is -2.49. The van der Waals surface area contributed by atoms with Crippen LogP contribution in [-0.4, -0.2) is 48.5 Å². The zero-order chi connectivity index (χ0) is 19.9. The highest BCUT2D eigenvalue weighted by Gasteiger charge is 2.25. The van der Waals surface area contributed by atoms with E-state index in [1.807, 2.05) is 34.1 Å². The van der Waals surface area contributed by atoms with Crippen LogP contribution in [0.5, 0.6) is 5.75 Å². The van der Waals surface area contributed by atoms with Gasteiger partial charge in [0.1, 0.15) is 11.4 Å². The third-order valence-electron chi connectivity index (χ3n) is 4.65. The molecule has 1 aliphatic heterocycles. The van der Waals surface area contributed by atoms with Gasteiger partial charge in [-0.15, -0.1) is 0 Å². The summed E-state index contributed by atoms with van der Waals surface area (Å²) < 4.78 is 6.62. The molecule has 3 rings (SSSR count). The summed E-state index contributed by atoms with van der Waals surface area (Å²) in [4.78, 5) is 27.1. The molecule has 28 heavy (non-hydrogen) atoms. The predicted octanol–water partition coefficient (Wildman–Crippen LogP) is 3.87. The van der Waals surface area contributed by atoms with E-state index < -0.39 is 0 Å². The highest BCUT2D eigenvalue weighted by molar-refractivity contribution is 9.10. The smallest absolute Gasteiger partial charge is 0.292 e. The topological polar surface area (TPSA) is 75.9 Å². The first-order chi connectivity index (χ1) is 13.5. The quantitative estimate of drug-likeness (QED) is 0.365. The second-order valence-electron chi connectivity index (χ2n) is 6.52. The first kappa shape index (κ1) is 20.1. The van der Waals surface area contributed by atoms with Crippen LogP contribution in [0.4, 0.5) is 11.4 Å². The fourth-order valence-corrected chi connectivity index (χ4v) is 3.59. The van der Waals surface area contributed by atoms with Crippen molar-refractivity contribution in [3.63, 3.8) is 0 Å². The largest absolute Gasteiger partial charge is 0.494 e. The fraction of sp³-hybridized carbons (Fsp3) is 0.350. The SMILES string of the molecule is O=C(CCCOc1cccc(Br)c1)N1CCN(c2ccccc2[N+](=O)[O-])CC1. The number of anilines is 1. The zero-order valence-electron chi connectivity index (χ0n) is 15.4. The van der Waals surface area contributed by atoms with E-state index in [0.29, 0.717) is 51.3 Å². The number of hydrogen-bond donors (Lipinski definition) is 0. The molecule has 2 aromatic rings. The van der Waals surface area contributed by atoms with Crippen LogP contribution in [0.25, 0.3) is 0 Å². The van der Waals surface area contributed by atoms with Crippen molar-refractivity contribution in [1.82, 2.24) is 4.90 Å². The maximum atomic E-state index is 12.4. The Hall–Kier alpha value is -2.61. The Bertz CT molecular complexity index is 838. The molecule has 1 aliphatic rings. The number of nitrogens with zero attached hydrogens (tertiary/aromatic N) is 3. The Labute approximate surface area is 172 Å². The molecule has 8 heteroatoms. The minimum absolute atomic E-state index is 0.0973. The van der Waals surface area contributed by atoms with Crippen LogP contribution < -0.4 is 9.64 Å². The van der Waals surface area contributed by atoms with Crippen molar-refractivity contribution in [2.75, 3.05) is 37.7 Å². The molecular formula is C20H22BrN3O4. The van der Waals surface area contributed by atoms with Gasteiger partial charge in [-0.25, -0.2) is 0 Å². The monoisotopic (exact) mass is 447 g/mol. The van der Waals surface area contributed by atoms with Gasteiger partial charge in [0.05, 0.1) is 11.5 Å². The van der Waals surface area contributed by atoms with E-state index in [9.17, 15) is 14.9 Å². The lowest BCUT2D eigenvalue weighted by atomic mass is 10.2. The highest BCUT2D eigenvalue weighted by Crippen LogP contribution is 2.28. The number of halogens is 1. The van der Waals surface area contributed by atoms with E-state index >= 15 is 0 Å². The van der Waals surface area contributed by atoms with Crippen LogP contribution in [0.2, 0.25) is 0 Å². The summed E-state index contributed by atoms with van der Waals surface area (Å²) in [6, 6.07) is 14.3. The molecule has 0 radical (unpaired) electrons. The molecule has 7 nitrogen and oxygen atoms in total. The van der Waals surface area contributed by atoms with Crippen LogP contribution in [-0.2, 0) is 4.79 Å². The van der Waals surface area contributed by atoms with Crippen molar-refractivity contribution in [2.45, 2.75) is 12.8 Å². The zero-order valence-corrected chi connectivity index (χ0v) is 17.0. The Balaban J connectivity index is 1.43. The van der Waals surface area contributed by atoms with Gasteiger partial charge < -0.3 is 14.5 Å².